The maximum absolute atomic E-state index is 13.7. The van der Waals surface area contributed by atoms with E-state index in [0.29, 0.717) is 11.3 Å². The standard InChI is InChI=1S/C77H87N5O/c1-45-21-22-48(35-46(45)2)71(83)78-58-25-23-47(24-26-58)67-59-27-29-61(79-59)68(49-36-52(72(3,4)5)42-53(37-49)73(6,7)8)63-31-33-65(81-63)70(51-40-56(76(15,16)17)44-57(41-51)77(18,19)20)66-34-32-64(82-66)69(62-30-28-60(67)80-62)50-38-54(74(9,10)11)43-55(39-50)75(12,13)14/h21-44,79,82H,1-20H3,(H,78,83). The zero-order chi connectivity index (χ0) is 60.1. The van der Waals surface area contributed by atoms with Gasteiger partial charge in [0.2, 0.25) is 0 Å². The lowest BCUT2D eigenvalue weighted by atomic mass is 9.78. The second-order valence-electron chi connectivity index (χ2n) is 29.7. The molecule has 6 heteroatoms. The van der Waals surface area contributed by atoms with Crippen molar-refractivity contribution in [1.82, 2.24) is 19.9 Å². The number of aryl methyl sites for hydroxylation is 2. The molecule has 8 aromatic rings. The molecular formula is C77H87N5O. The molecule has 8 bridgehead atoms. The predicted molar refractivity (Wildman–Crippen MR) is 357 cm³/mol. The summed E-state index contributed by atoms with van der Waals surface area (Å²) in [6.07, 6.45) is 8.80. The Morgan fingerprint density at radius 3 is 0.904 bits per heavy atom. The van der Waals surface area contributed by atoms with Gasteiger partial charge < -0.3 is 15.3 Å². The minimum absolute atomic E-state index is 0.116. The molecule has 0 unspecified atom stereocenters. The van der Waals surface area contributed by atoms with E-state index in [4.69, 9.17) is 9.97 Å². The van der Waals surface area contributed by atoms with Crippen LogP contribution in [0.5, 0.6) is 0 Å². The van der Waals surface area contributed by atoms with E-state index in [1.165, 1.54) is 33.4 Å². The molecule has 83 heavy (non-hydrogen) atoms. The Hall–Kier alpha value is -7.83. The third kappa shape index (κ3) is 12.0. The minimum atomic E-state index is -0.148. The Morgan fingerprint density at radius 2 is 0.627 bits per heavy atom. The van der Waals surface area contributed by atoms with Crippen molar-refractivity contribution in [2.75, 3.05) is 5.32 Å². The normalized spacial score (nSPS) is 13.3. The highest BCUT2D eigenvalue weighted by Gasteiger charge is 2.28. The Morgan fingerprint density at radius 1 is 0.337 bits per heavy atom. The van der Waals surface area contributed by atoms with Gasteiger partial charge in [0.1, 0.15) is 0 Å². The van der Waals surface area contributed by atoms with Crippen molar-refractivity contribution >= 4 is 58.0 Å². The molecule has 1 amide bonds. The van der Waals surface area contributed by atoms with Crippen molar-refractivity contribution in [3.05, 3.63) is 194 Å². The molecule has 426 valence electrons. The van der Waals surface area contributed by atoms with Crippen LogP contribution in [0.15, 0.2) is 121 Å². The highest BCUT2D eigenvalue weighted by molar-refractivity contribution is 6.05. The number of hydrogen-bond acceptors (Lipinski definition) is 3. The second-order valence-corrected chi connectivity index (χ2v) is 29.7. The van der Waals surface area contributed by atoms with Crippen LogP contribution in [0.2, 0.25) is 0 Å². The molecule has 2 aliphatic rings. The van der Waals surface area contributed by atoms with Gasteiger partial charge in [0.25, 0.3) is 5.91 Å². The van der Waals surface area contributed by atoms with Crippen molar-refractivity contribution in [3.63, 3.8) is 0 Å². The molecule has 3 N–H and O–H groups in total. The first kappa shape index (κ1) is 58.4. The van der Waals surface area contributed by atoms with E-state index >= 15 is 0 Å². The molecule has 0 aliphatic carbocycles. The number of fused-ring (bicyclic) bond motifs is 8. The molecule has 6 nitrogen and oxygen atoms in total. The number of nitrogens with zero attached hydrogens (tertiary/aromatic N) is 2. The van der Waals surface area contributed by atoms with Crippen LogP contribution in [0, 0.1) is 13.8 Å². The molecule has 3 aromatic heterocycles. The highest BCUT2D eigenvalue weighted by atomic mass is 16.1. The van der Waals surface area contributed by atoms with Crippen LogP contribution in [0.3, 0.4) is 0 Å². The van der Waals surface area contributed by atoms with E-state index in [-0.39, 0.29) is 38.4 Å². The fourth-order valence-corrected chi connectivity index (χ4v) is 11.1. The van der Waals surface area contributed by atoms with Gasteiger partial charge in [0, 0.05) is 55.6 Å². The molecule has 2 aliphatic heterocycles. The number of carbonyl (C=O) groups excluding carboxylic acids is 1. The summed E-state index contributed by atoms with van der Waals surface area (Å²) in [5, 5.41) is 3.17. The fraction of sp³-hybridized carbons (Fsp3) is 0.338. The lowest BCUT2D eigenvalue weighted by Crippen LogP contribution is -2.16. The first-order chi connectivity index (χ1) is 38.6. The van der Waals surface area contributed by atoms with Crippen LogP contribution < -0.4 is 5.32 Å². The third-order valence-electron chi connectivity index (χ3n) is 16.8. The largest absolute Gasteiger partial charge is 0.354 e. The van der Waals surface area contributed by atoms with Gasteiger partial charge >= 0.3 is 0 Å². The third-order valence-corrected chi connectivity index (χ3v) is 16.8. The smallest absolute Gasteiger partial charge is 0.255 e. The number of aromatic amines is 2. The summed E-state index contributed by atoms with van der Waals surface area (Å²) in [5.74, 6) is -0.148. The van der Waals surface area contributed by atoms with Crippen LogP contribution in [-0.2, 0) is 32.5 Å². The molecular weight excluding hydrogens is 1010 g/mol. The van der Waals surface area contributed by atoms with Crippen LogP contribution >= 0.6 is 0 Å². The number of nitrogens with one attached hydrogen (secondary N) is 3. The Kier molecular flexibility index (Phi) is 14.6. The summed E-state index contributed by atoms with van der Waals surface area (Å²) < 4.78 is 0. The topological polar surface area (TPSA) is 86.5 Å². The average Bonchev–Trinajstić information content (AvgIpc) is 2.75. The number of hydrogen-bond donors (Lipinski definition) is 3. The van der Waals surface area contributed by atoms with Gasteiger partial charge in [-0.1, -0.05) is 197 Å². The maximum atomic E-state index is 13.7. The number of rotatable bonds is 6. The molecule has 0 radical (unpaired) electrons. The number of amides is 1. The van der Waals surface area contributed by atoms with E-state index < -0.39 is 0 Å². The van der Waals surface area contributed by atoms with Gasteiger partial charge in [-0.05, 0) is 186 Å². The lowest BCUT2D eigenvalue weighted by Gasteiger charge is -2.26. The van der Waals surface area contributed by atoms with Crippen LogP contribution in [0.25, 0.3) is 90.9 Å². The SMILES string of the molecule is Cc1ccc(C(=O)Nc2ccc(-c3c4nc(c(-c5cc(C(C)(C)C)cc(C(C)(C)C)c5)c5ccc([nH]5)c(-c5cc(C(C)(C)C)cc(C(C)(C)C)c5)c5nc(c(-c6cc(C(C)(C)C)cc(C(C)(C)C)c6)c6ccc3[nH]6)C=C5)C=C4)cc2)cc1C. The number of anilines is 1. The van der Waals surface area contributed by atoms with Gasteiger partial charge in [0.05, 0.1) is 22.8 Å². The number of benzene rings is 5. The van der Waals surface area contributed by atoms with Crippen molar-refractivity contribution in [2.45, 2.75) is 171 Å². The number of carbonyl (C=O) groups is 1. The molecule has 5 aromatic carbocycles. The van der Waals surface area contributed by atoms with Crippen molar-refractivity contribution in [3.8, 4) is 44.5 Å². The van der Waals surface area contributed by atoms with E-state index in [9.17, 15) is 4.79 Å². The zero-order valence-corrected chi connectivity index (χ0v) is 53.2. The van der Waals surface area contributed by atoms with Crippen molar-refractivity contribution < 1.29 is 4.79 Å². The maximum Gasteiger partial charge on any atom is 0.255 e. The number of aromatic nitrogens is 4. The predicted octanol–water partition coefficient (Wildman–Crippen LogP) is 21.0. The molecule has 0 fully saturated rings. The molecule has 0 saturated carbocycles. The van der Waals surface area contributed by atoms with Gasteiger partial charge in [-0.25, -0.2) is 9.97 Å². The quantitative estimate of drug-likeness (QED) is 0.155. The van der Waals surface area contributed by atoms with E-state index in [1.807, 2.05) is 37.3 Å². The zero-order valence-electron chi connectivity index (χ0n) is 53.2. The Bertz CT molecular complexity index is 3960. The molecule has 10 rings (SSSR count). The van der Waals surface area contributed by atoms with Crippen molar-refractivity contribution in [2.24, 2.45) is 0 Å². The fourth-order valence-electron chi connectivity index (χ4n) is 11.1. The Balaban J connectivity index is 1.36. The summed E-state index contributed by atoms with van der Waals surface area (Å²) in [6.45, 7) is 45.5. The van der Waals surface area contributed by atoms with Crippen LogP contribution in [0.1, 0.15) is 202 Å². The van der Waals surface area contributed by atoms with Crippen molar-refractivity contribution in [1.29, 1.82) is 0 Å². The average molecular weight is 1100 g/mol. The van der Waals surface area contributed by atoms with Gasteiger partial charge in [-0.3, -0.25) is 4.79 Å². The summed E-state index contributed by atoms with van der Waals surface area (Å²) in [6, 6.07) is 44.4. The minimum Gasteiger partial charge on any atom is -0.354 e. The summed E-state index contributed by atoms with van der Waals surface area (Å²) >= 11 is 0. The first-order valence-corrected chi connectivity index (χ1v) is 29.7. The molecule has 0 atom stereocenters. The van der Waals surface area contributed by atoms with E-state index in [1.54, 1.807) is 0 Å². The van der Waals surface area contributed by atoms with Gasteiger partial charge in [-0.2, -0.15) is 0 Å². The number of H-pyrrole nitrogens is 2. The summed E-state index contributed by atoms with van der Waals surface area (Å²) in [7, 11) is 0. The van der Waals surface area contributed by atoms with E-state index in [0.717, 1.165) is 100 Å². The molecule has 0 spiro atoms. The second kappa shape index (κ2) is 20.8. The first-order valence-electron chi connectivity index (χ1n) is 29.7. The van der Waals surface area contributed by atoms with Crippen LogP contribution in [-0.4, -0.2) is 25.8 Å². The molecule has 0 saturated heterocycles. The van der Waals surface area contributed by atoms with Gasteiger partial charge in [0.15, 0.2) is 0 Å². The van der Waals surface area contributed by atoms with E-state index in [2.05, 4.69) is 262 Å². The highest BCUT2D eigenvalue weighted by Crippen LogP contribution is 2.44. The molecule has 5 heterocycles. The summed E-state index contributed by atoms with van der Waals surface area (Å²) in [4.78, 5) is 33.4. The monoisotopic (exact) mass is 1100 g/mol. The Labute approximate surface area is 495 Å². The lowest BCUT2D eigenvalue weighted by molar-refractivity contribution is 0.102. The summed E-state index contributed by atoms with van der Waals surface area (Å²) in [5.41, 5.74) is 25.9. The van der Waals surface area contributed by atoms with Crippen LogP contribution in [0.4, 0.5) is 5.69 Å². The van der Waals surface area contributed by atoms with Gasteiger partial charge in [-0.15, -0.1) is 0 Å².